The van der Waals surface area contributed by atoms with Gasteiger partial charge in [-0.3, -0.25) is 4.79 Å². The molecule has 0 saturated heterocycles. The van der Waals surface area contributed by atoms with Crippen molar-refractivity contribution in [2.45, 2.75) is 62.5 Å². The highest BCUT2D eigenvalue weighted by Gasteiger charge is 2.29. The van der Waals surface area contributed by atoms with Crippen molar-refractivity contribution in [3.05, 3.63) is 88.2 Å². The molecule has 1 atom stereocenters. The second-order valence-corrected chi connectivity index (χ2v) is 14.2. The SMILES string of the molecule is CN(C[C@H](O)CNC(C)(C)CC1Cc2ccccc2C1)S(=O)(=O)c1ccc(-c2cc(F)ccc2CCC(=O)O)c(Cl)c1. The van der Waals surface area contributed by atoms with Gasteiger partial charge in [0.05, 0.1) is 11.0 Å². The lowest BCUT2D eigenvalue weighted by Gasteiger charge is -2.31. The van der Waals surface area contributed by atoms with Crippen LogP contribution >= 0.6 is 11.6 Å². The van der Waals surface area contributed by atoms with Crippen LogP contribution in [0.5, 0.6) is 0 Å². The van der Waals surface area contributed by atoms with Crippen LogP contribution in [-0.4, -0.2) is 60.7 Å². The Morgan fingerprint density at radius 3 is 2.38 bits per heavy atom. The van der Waals surface area contributed by atoms with Gasteiger partial charge in [-0.05, 0) is 92.0 Å². The number of hydrogen-bond acceptors (Lipinski definition) is 5. The van der Waals surface area contributed by atoms with E-state index in [1.54, 1.807) is 0 Å². The van der Waals surface area contributed by atoms with Crippen molar-refractivity contribution in [1.82, 2.24) is 9.62 Å². The van der Waals surface area contributed by atoms with Crippen molar-refractivity contribution in [2.75, 3.05) is 20.1 Å². The second kappa shape index (κ2) is 13.2. The van der Waals surface area contributed by atoms with Gasteiger partial charge in [-0.2, -0.15) is 4.31 Å². The topological polar surface area (TPSA) is 107 Å². The number of carboxylic acid groups (broad SMARTS) is 1. The number of hydrogen-bond donors (Lipinski definition) is 3. The first-order valence-corrected chi connectivity index (χ1v) is 15.8. The van der Waals surface area contributed by atoms with Crippen molar-refractivity contribution in [1.29, 1.82) is 0 Å². The van der Waals surface area contributed by atoms with E-state index in [-0.39, 0.29) is 41.4 Å². The number of carboxylic acids is 1. The van der Waals surface area contributed by atoms with E-state index in [0.29, 0.717) is 22.6 Å². The Kier molecular flexibility index (Phi) is 10.1. The molecule has 0 amide bonds. The van der Waals surface area contributed by atoms with Gasteiger partial charge < -0.3 is 15.5 Å². The molecule has 0 heterocycles. The number of aliphatic hydroxyl groups is 1. The molecule has 0 aromatic heterocycles. The molecule has 0 fully saturated rings. The third-order valence-corrected chi connectivity index (χ3v) is 9.97. The Morgan fingerprint density at radius 2 is 1.76 bits per heavy atom. The molecule has 7 nitrogen and oxygen atoms in total. The summed E-state index contributed by atoms with van der Waals surface area (Å²) in [5.41, 5.74) is 3.94. The molecule has 3 N–H and O–H groups in total. The quantitative estimate of drug-likeness (QED) is 0.240. The molecule has 0 aliphatic heterocycles. The Labute approximate surface area is 252 Å². The fraction of sp³-hybridized carbons (Fsp3) is 0.406. The number of β-amino-alcohol motifs (C(OH)–C–C–N with tert-alkyl or cyclic N) is 1. The van der Waals surface area contributed by atoms with Gasteiger partial charge >= 0.3 is 5.97 Å². The predicted molar refractivity (Wildman–Crippen MR) is 163 cm³/mol. The Bertz CT molecular complexity index is 1520. The van der Waals surface area contributed by atoms with E-state index in [4.69, 9.17) is 16.7 Å². The number of aliphatic carboxylic acids is 1. The maximum absolute atomic E-state index is 14.1. The molecule has 226 valence electrons. The molecule has 0 saturated carbocycles. The first-order chi connectivity index (χ1) is 19.7. The van der Waals surface area contributed by atoms with Crippen LogP contribution in [0.15, 0.2) is 65.6 Å². The van der Waals surface area contributed by atoms with Gasteiger partial charge in [0.2, 0.25) is 10.0 Å². The van der Waals surface area contributed by atoms with Crippen LogP contribution < -0.4 is 5.32 Å². The highest BCUT2D eigenvalue weighted by atomic mass is 35.5. The number of aliphatic hydroxyl groups excluding tert-OH is 1. The highest BCUT2D eigenvalue weighted by molar-refractivity contribution is 7.89. The molecule has 0 unspecified atom stereocenters. The molecular weight excluding hydrogens is 579 g/mol. The minimum Gasteiger partial charge on any atom is -0.481 e. The van der Waals surface area contributed by atoms with Crippen molar-refractivity contribution >= 4 is 27.6 Å². The van der Waals surface area contributed by atoms with Crippen LogP contribution in [0.2, 0.25) is 5.02 Å². The molecule has 3 aromatic carbocycles. The van der Waals surface area contributed by atoms with Crippen molar-refractivity contribution in [3.63, 3.8) is 0 Å². The number of nitrogens with one attached hydrogen (secondary N) is 1. The summed E-state index contributed by atoms with van der Waals surface area (Å²) in [5, 5.41) is 23.3. The number of fused-ring (bicyclic) bond motifs is 1. The number of nitrogens with zero attached hydrogens (tertiary/aromatic N) is 1. The van der Waals surface area contributed by atoms with E-state index in [1.807, 2.05) is 0 Å². The zero-order chi connectivity index (χ0) is 30.7. The lowest BCUT2D eigenvalue weighted by atomic mass is 9.88. The lowest BCUT2D eigenvalue weighted by molar-refractivity contribution is -0.136. The molecule has 3 aromatic rings. The molecule has 1 aliphatic rings. The first kappa shape index (κ1) is 32.1. The van der Waals surface area contributed by atoms with Crippen LogP contribution in [-0.2, 0) is 34.1 Å². The minimum atomic E-state index is -3.99. The lowest BCUT2D eigenvalue weighted by Crippen LogP contribution is -2.47. The Balaban J connectivity index is 1.38. The van der Waals surface area contributed by atoms with Crippen LogP contribution in [0.25, 0.3) is 11.1 Å². The molecule has 0 bridgehead atoms. The van der Waals surface area contributed by atoms with Gasteiger partial charge in [0, 0.05) is 42.7 Å². The van der Waals surface area contributed by atoms with Crippen LogP contribution in [0.4, 0.5) is 4.39 Å². The number of carbonyl (C=O) groups is 1. The van der Waals surface area contributed by atoms with Gasteiger partial charge in [-0.25, -0.2) is 12.8 Å². The summed E-state index contributed by atoms with van der Waals surface area (Å²) in [6.45, 7) is 4.30. The molecule has 42 heavy (non-hydrogen) atoms. The van der Waals surface area contributed by atoms with E-state index in [1.165, 1.54) is 54.6 Å². The molecule has 4 rings (SSSR count). The number of sulfonamides is 1. The largest absolute Gasteiger partial charge is 0.481 e. The van der Waals surface area contributed by atoms with Crippen molar-refractivity contribution < 1.29 is 27.8 Å². The van der Waals surface area contributed by atoms with Crippen LogP contribution in [0, 0.1) is 11.7 Å². The minimum absolute atomic E-state index is 0.0662. The molecule has 0 spiro atoms. The van der Waals surface area contributed by atoms with Crippen LogP contribution in [0.3, 0.4) is 0 Å². The maximum Gasteiger partial charge on any atom is 0.303 e. The molecule has 10 heteroatoms. The van der Waals surface area contributed by atoms with Gasteiger partial charge in [-0.1, -0.05) is 48.0 Å². The summed E-state index contributed by atoms with van der Waals surface area (Å²) < 4.78 is 41.8. The van der Waals surface area contributed by atoms with E-state index < -0.39 is 27.9 Å². The summed E-state index contributed by atoms with van der Waals surface area (Å²) in [6, 6.07) is 16.7. The summed E-state index contributed by atoms with van der Waals surface area (Å²) in [6.07, 6.45) is 2.09. The number of likely N-dealkylation sites (N-methyl/N-ethyl adjacent to an activating group) is 1. The van der Waals surface area contributed by atoms with Crippen LogP contribution in [0.1, 0.15) is 43.4 Å². The number of aryl methyl sites for hydroxylation is 1. The summed E-state index contributed by atoms with van der Waals surface area (Å²) in [4.78, 5) is 11.0. The van der Waals surface area contributed by atoms with E-state index in [9.17, 15) is 22.7 Å². The maximum atomic E-state index is 14.1. The second-order valence-electron chi connectivity index (χ2n) is 11.8. The van der Waals surface area contributed by atoms with Gasteiger partial charge in [0.1, 0.15) is 5.82 Å². The zero-order valence-corrected chi connectivity index (χ0v) is 25.7. The van der Waals surface area contributed by atoms with E-state index in [2.05, 4.69) is 43.4 Å². The van der Waals surface area contributed by atoms with Crippen molar-refractivity contribution in [3.8, 4) is 11.1 Å². The van der Waals surface area contributed by atoms with E-state index in [0.717, 1.165) is 23.6 Å². The number of rotatable bonds is 13. The van der Waals surface area contributed by atoms with Gasteiger partial charge in [0.15, 0.2) is 0 Å². The normalized spacial score (nSPS) is 14.7. The standard InChI is InChI=1S/C32H38ClFN2O5S/c1-32(2,18-21-14-23-6-4-5-7-24(23)15-21)35-19-26(37)20-36(3)42(40,41)27-11-12-28(30(33)17-27)29-16-25(34)10-8-22(29)9-13-31(38)39/h4-8,10-12,16-17,21,26,35,37H,9,13-15,18-20H2,1-3H3,(H,38,39)/t26-/m1/s1. The average Bonchev–Trinajstić information content (AvgIpc) is 3.32. The third kappa shape index (κ3) is 7.96. The smallest absolute Gasteiger partial charge is 0.303 e. The number of halogens is 2. The molecular formula is C32H38ClFN2O5S. The monoisotopic (exact) mass is 616 g/mol. The summed E-state index contributed by atoms with van der Waals surface area (Å²) >= 11 is 6.49. The summed E-state index contributed by atoms with van der Waals surface area (Å²) in [5.74, 6) is -0.990. The zero-order valence-electron chi connectivity index (χ0n) is 24.1. The molecule has 1 aliphatic carbocycles. The number of benzene rings is 3. The predicted octanol–water partition coefficient (Wildman–Crippen LogP) is 5.32. The van der Waals surface area contributed by atoms with Gasteiger partial charge in [0.25, 0.3) is 0 Å². The van der Waals surface area contributed by atoms with Crippen molar-refractivity contribution in [2.24, 2.45) is 5.92 Å². The highest BCUT2D eigenvalue weighted by Crippen LogP contribution is 2.35. The average molecular weight is 617 g/mol. The Hall–Kier alpha value is -2.82. The summed E-state index contributed by atoms with van der Waals surface area (Å²) in [7, 11) is -2.59. The fourth-order valence-electron chi connectivity index (χ4n) is 5.76. The Morgan fingerprint density at radius 1 is 1.10 bits per heavy atom. The third-order valence-electron chi connectivity index (χ3n) is 7.84. The van der Waals surface area contributed by atoms with Gasteiger partial charge in [-0.15, -0.1) is 0 Å². The van der Waals surface area contributed by atoms with E-state index >= 15 is 0 Å². The first-order valence-electron chi connectivity index (χ1n) is 14.0. The fourth-order valence-corrected chi connectivity index (χ4v) is 7.34. The molecule has 0 radical (unpaired) electrons.